The van der Waals surface area contributed by atoms with E-state index in [1.54, 1.807) is 11.0 Å². The first kappa shape index (κ1) is 16.9. The topological polar surface area (TPSA) is 77.0 Å². The van der Waals surface area contributed by atoms with E-state index < -0.39 is 0 Å². The number of nitrogens with zero attached hydrogens (tertiary/aromatic N) is 4. The fraction of sp³-hybridized carbons (Fsp3) is 0.471. The summed E-state index contributed by atoms with van der Waals surface area (Å²) >= 11 is 0. The second kappa shape index (κ2) is 6.53. The highest BCUT2D eigenvalue weighted by Crippen LogP contribution is 2.37. The van der Waals surface area contributed by atoms with Crippen LogP contribution in [0.4, 0.5) is 0 Å². The molecule has 1 aromatic heterocycles. The second-order valence-corrected chi connectivity index (χ2v) is 6.72. The molecular formula is C17H22ClN5O. The first-order valence-corrected chi connectivity index (χ1v) is 8.14. The zero-order valence-corrected chi connectivity index (χ0v) is 14.4. The normalized spacial score (nSPS) is 25.4. The molecule has 0 radical (unpaired) electrons. The summed E-state index contributed by atoms with van der Waals surface area (Å²) in [5.74, 6) is 1.18. The Labute approximate surface area is 147 Å². The molecule has 24 heavy (non-hydrogen) atoms. The van der Waals surface area contributed by atoms with Crippen LogP contribution in [0.5, 0.6) is 0 Å². The van der Waals surface area contributed by atoms with Gasteiger partial charge in [0.2, 0.25) is 0 Å². The largest absolute Gasteiger partial charge is 0.338 e. The van der Waals surface area contributed by atoms with Gasteiger partial charge in [-0.2, -0.15) is 5.10 Å². The van der Waals surface area contributed by atoms with Gasteiger partial charge in [0.15, 0.2) is 0 Å². The van der Waals surface area contributed by atoms with Gasteiger partial charge in [-0.25, -0.2) is 9.67 Å². The quantitative estimate of drug-likeness (QED) is 0.898. The molecule has 1 aliphatic heterocycles. The van der Waals surface area contributed by atoms with Gasteiger partial charge in [0.05, 0.1) is 5.69 Å². The number of hydrogen-bond donors (Lipinski definition) is 1. The van der Waals surface area contributed by atoms with E-state index in [-0.39, 0.29) is 24.4 Å². The molecule has 1 amide bonds. The predicted molar refractivity (Wildman–Crippen MR) is 93.4 cm³/mol. The van der Waals surface area contributed by atoms with Crippen LogP contribution in [0.1, 0.15) is 28.8 Å². The Morgan fingerprint density at radius 3 is 2.79 bits per heavy atom. The van der Waals surface area contributed by atoms with Crippen LogP contribution < -0.4 is 5.73 Å². The maximum absolute atomic E-state index is 12.8. The number of aromatic nitrogens is 3. The van der Waals surface area contributed by atoms with E-state index in [2.05, 4.69) is 10.1 Å². The van der Waals surface area contributed by atoms with Crippen LogP contribution in [0.15, 0.2) is 30.9 Å². The van der Waals surface area contributed by atoms with E-state index in [1.807, 2.05) is 30.0 Å². The molecule has 7 heteroatoms. The summed E-state index contributed by atoms with van der Waals surface area (Å²) in [7, 11) is 0. The lowest BCUT2D eigenvalue weighted by molar-refractivity contribution is 0.0779. The molecule has 3 unspecified atom stereocenters. The van der Waals surface area contributed by atoms with Gasteiger partial charge in [0.1, 0.15) is 12.7 Å². The van der Waals surface area contributed by atoms with Gasteiger partial charge in [-0.15, -0.1) is 12.4 Å². The maximum Gasteiger partial charge on any atom is 0.253 e. The first-order chi connectivity index (χ1) is 11.1. The second-order valence-electron chi connectivity index (χ2n) is 6.72. The molecule has 2 heterocycles. The Hall–Kier alpha value is -1.92. The van der Waals surface area contributed by atoms with E-state index in [1.165, 1.54) is 6.33 Å². The van der Waals surface area contributed by atoms with Crippen molar-refractivity contribution in [2.45, 2.75) is 25.8 Å². The third-order valence-electron chi connectivity index (χ3n) is 5.31. The van der Waals surface area contributed by atoms with Gasteiger partial charge in [0, 0.05) is 24.7 Å². The molecule has 2 aliphatic rings. The number of hydrogen-bond acceptors (Lipinski definition) is 4. The minimum Gasteiger partial charge on any atom is -0.338 e. The Balaban J connectivity index is 0.00000169. The predicted octanol–water partition coefficient (Wildman–Crippen LogP) is 1.81. The number of likely N-dealkylation sites (tertiary alicyclic amines) is 1. The summed E-state index contributed by atoms with van der Waals surface area (Å²) in [6.45, 7) is 3.64. The van der Waals surface area contributed by atoms with Crippen molar-refractivity contribution in [1.29, 1.82) is 0 Å². The van der Waals surface area contributed by atoms with Crippen LogP contribution in [0.25, 0.3) is 5.69 Å². The molecule has 6 nitrogen and oxygen atoms in total. The van der Waals surface area contributed by atoms with E-state index >= 15 is 0 Å². The Morgan fingerprint density at radius 2 is 2.12 bits per heavy atom. The van der Waals surface area contributed by atoms with Crippen molar-refractivity contribution in [3.8, 4) is 5.69 Å². The molecule has 1 aliphatic carbocycles. The molecule has 3 atom stereocenters. The summed E-state index contributed by atoms with van der Waals surface area (Å²) in [5.41, 5.74) is 8.86. The first-order valence-electron chi connectivity index (χ1n) is 8.14. The SMILES string of the molecule is Cc1cc(C(=O)N2CC3CCC(N)C3C2)ccc1-n1cncn1.Cl. The summed E-state index contributed by atoms with van der Waals surface area (Å²) in [4.78, 5) is 18.7. The number of carbonyl (C=O) groups is 1. The number of nitrogens with two attached hydrogens (primary N) is 1. The monoisotopic (exact) mass is 347 g/mol. The number of aryl methyl sites for hydroxylation is 1. The number of amides is 1. The number of benzene rings is 1. The van der Waals surface area contributed by atoms with Crippen LogP contribution in [-0.4, -0.2) is 44.7 Å². The number of halogens is 1. The summed E-state index contributed by atoms with van der Waals surface area (Å²) in [5, 5.41) is 4.14. The van der Waals surface area contributed by atoms with Crippen LogP contribution in [-0.2, 0) is 0 Å². The lowest BCUT2D eigenvalue weighted by Gasteiger charge is -2.19. The molecule has 2 fully saturated rings. The Bertz CT molecular complexity index is 733. The van der Waals surface area contributed by atoms with Crippen molar-refractivity contribution in [2.75, 3.05) is 13.1 Å². The zero-order valence-electron chi connectivity index (χ0n) is 13.6. The number of carbonyl (C=O) groups excluding carboxylic acids is 1. The minimum absolute atomic E-state index is 0. The average Bonchev–Trinajstić information content (AvgIpc) is 3.26. The molecule has 0 spiro atoms. The van der Waals surface area contributed by atoms with Gasteiger partial charge in [0.25, 0.3) is 5.91 Å². The van der Waals surface area contributed by atoms with E-state index in [0.717, 1.165) is 42.7 Å². The number of rotatable bonds is 2. The Kier molecular flexibility index (Phi) is 4.60. The average molecular weight is 348 g/mol. The molecule has 1 saturated heterocycles. The third-order valence-corrected chi connectivity index (χ3v) is 5.31. The minimum atomic E-state index is 0. The van der Waals surface area contributed by atoms with Gasteiger partial charge in [-0.1, -0.05) is 0 Å². The molecule has 2 N–H and O–H groups in total. The summed E-state index contributed by atoms with van der Waals surface area (Å²) < 4.78 is 1.71. The highest BCUT2D eigenvalue weighted by Gasteiger charge is 2.42. The van der Waals surface area contributed by atoms with Crippen molar-refractivity contribution in [2.24, 2.45) is 17.6 Å². The smallest absolute Gasteiger partial charge is 0.253 e. The fourth-order valence-electron chi connectivity index (χ4n) is 4.03. The maximum atomic E-state index is 12.8. The van der Waals surface area contributed by atoms with E-state index in [9.17, 15) is 4.79 Å². The molecular weight excluding hydrogens is 326 g/mol. The van der Waals surface area contributed by atoms with Crippen LogP contribution in [0.3, 0.4) is 0 Å². The standard InChI is InChI=1S/C17H21N5O.ClH/c1-11-6-12(3-5-16(11)22-10-19-9-20-22)17(23)21-7-13-2-4-15(18)14(13)8-21;/h3,5-6,9-10,13-15H,2,4,7-8,18H2,1H3;1H. The lowest BCUT2D eigenvalue weighted by Crippen LogP contribution is -2.33. The van der Waals surface area contributed by atoms with Gasteiger partial charge < -0.3 is 10.6 Å². The highest BCUT2D eigenvalue weighted by atomic mass is 35.5. The summed E-state index contributed by atoms with van der Waals surface area (Å²) in [6, 6.07) is 6.00. The van der Waals surface area contributed by atoms with Gasteiger partial charge in [-0.05, 0) is 55.4 Å². The summed E-state index contributed by atoms with van der Waals surface area (Å²) in [6.07, 6.45) is 5.42. The fourth-order valence-corrected chi connectivity index (χ4v) is 4.03. The third kappa shape index (κ3) is 2.80. The molecule has 128 valence electrons. The molecule has 0 bridgehead atoms. The molecule has 4 rings (SSSR count). The van der Waals surface area contributed by atoms with Crippen LogP contribution in [0.2, 0.25) is 0 Å². The Morgan fingerprint density at radius 1 is 1.29 bits per heavy atom. The van der Waals surface area contributed by atoms with Crippen molar-refractivity contribution in [3.63, 3.8) is 0 Å². The molecule has 1 saturated carbocycles. The van der Waals surface area contributed by atoms with Gasteiger partial charge in [-0.3, -0.25) is 4.79 Å². The lowest BCUT2D eigenvalue weighted by atomic mass is 9.98. The number of fused-ring (bicyclic) bond motifs is 1. The highest BCUT2D eigenvalue weighted by molar-refractivity contribution is 5.95. The zero-order chi connectivity index (χ0) is 16.0. The van der Waals surface area contributed by atoms with Gasteiger partial charge >= 0.3 is 0 Å². The van der Waals surface area contributed by atoms with Crippen LogP contribution in [0, 0.1) is 18.8 Å². The van der Waals surface area contributed by atoms with Crippen molar-refractivity contribution in [1.82, 2.24) is 19.7 Å². The van der Waals surface area contributed by atoms with Crippen molar-refractivity contribution >= 4 is 18.3 Å². The van der Waals surface area contributed by atoms with Crippen molar-refractivity contribution < 1.29 is 4.79 Å². The molecule has 1 aromatic carbocycles. The molecule has 2 aromatic rings. The van der Waals surface area contributed by atoms with Crippen LogP contribution >= 0.6 is 12.4 Å². The van der Waals surface area contributed by atoms with Crippen molar-refractivity contribution in [3.05, 3.63) is 42.0 Å². The van der Waals surface area contributed by atoms with E-state index in [0.29, 0.717) is 11.8 Å². The van der Waals surface area contributed by atoms with E-state index in [4.69, 9.17) is 5.73 Å².